The van der Waals surface area contributed by atoms with Gasteiger partial charge in [-0.2, -0.15) is 0 Å². The molecule has 1 aliphatic rings. The summed E-state index contributed by atoms with van der Waals surface area (Å²) in [4.78, 5) is 25.5. The second-order valence-corrected chi connectivity index (χ2v) is 8.62. The fourth-order valence-electron chi connectivity index (χ4n) is 4.03. The van der Waals surface area contributed by atoms with Gasteiger partial charge in [0.15, 0.2) is 11.6 Å². The quantitative estimate of drug-likeness (QED) is 0.445. The van der Waals surface area contributed by atoms with Gasteiger partial charge in [-0.05, 0) is 36.1 Å². The molecule has 0 bridgehead atoms. The van der Waals surface area contributed by atoms with Crippen LogP contribution in [0.15, 0.2) is 28.0 Å². The normalized spacial score (nSPS) is 15.2. The van der Waals surface area contributed by atoms with Gasteiger partial charge in [0.1, 0.15) is 6.04 Å². The number of unbranched alkanes of at least 4 members (excludes halogenated alkanes) is 4. The van der Waals surface area contributed by atoms with Crippen molar-refractivity contribution in [3.05, 3.63) is 51.3 Å². The topological polar surface area (TPSA) is 68.5 Å². The monoisotopic (exact) mass is 451 g/mol. The SMILES string of the molecule is CCCCCCCc1c(-c2ccc(F)c(F)c2)c2n(c(=O)c1CO)[C@H](C(=O)OC)CS2. The summed E-state index contributed by atoms with van der Waals surface area (Å²) in [6.45, 7) is 1.63. The second-order valence-electron chi connectivity index (χ2n) is 7.61. The predicted octanol–water partition coefficient (Wildman–Crippen LogP) is 4.62. The number of hydrogen-bond acceptors (Lipinski definition) is 5. The molecule has 2 aromatic rings. The van der Waals surface area contributed by atoms with E-state index in [1.165, 1.54) is 29.5 Å². The first-order valence-corrected chi connectivity index (χ1v) is 11.5. The van der Waals surface area contributed by atoms with Crippen molar-refractivity contribution in [2.75, 3.05) is 12.9 Å². The first kappa shape index (κ1) is 23.5. The summed E-state index contributed by atoms with van der Waals surface area (Å²) in [6.07, 6.45) is 5.58. The number of halogens is 2. The molecule has 0 saturated heterocycles. The van der Waals surface area contributed by atoms with E-state index in [1.807, 2.05) is 0 Å². The zero-order chi connectivity index (χ0) is 22.5. The molecular formula is C23H27F2NO4S. The van der Waals surface area contributed by atoms with Crippen LogP contribution in [0, 0.1) is 11.6 Å². The number of fused-ring (bicyclic) bond motifs is 1. The molecule has 0 aliphatic carbocycles. The maximum Gasteiger partial charge on any atom is 0.329 e. The van der Waals surface area contributed by atoms with Gasteiger partial charge in [0, 0.05) is 16.9 Å². The van der Waals surface area contributed by atoms with Crippen LogP contribution < -0.4 is 5.56 Å². The molecule has 1 aromatic carbocycles. The largest absolute Gasteiger partial charge is 0.467 e. The average Bonchev–Trinajstić information content (AvgIpc) is 3.20. The van der Waals surface area contributed by atoms with E-state index in [0.29, 0.717) is 33.9 Å². The summed E-state index contributed by atoms with van der Waals surface area (Å²) in [7, 11) is 1.25. The molecule has 1 atom stereocenters. The van der Waals surface area contributed by atoms with Crippen molar-refractivity contribution in [2.45, 2.75) is 63.1 Å². The highest BCUT2D eigenvalue weighted by Gasteiger charge is 2.35. The number of rotatable bonds is 9. The fraction of sp³-hybridized carbons (Fsp3) is 0.478. The first-order chi connectivity index (χ1) is 14.9. The van der Waals surface area contributed by atoms with E-state index < -0.39 is 35.8 Å². The Kier molecular flexibility index (Phi) is 7.89. The Bertz CT molecular complexity index is 1020. The van der Waals surface area contributed by atoms with Crippen molar-refractivity contribution < 1.29 is 23.4 Å². The van der Waals surface area contributed by atoms with Gasteiger partial charge in [-0.25, -0.2) is 13.6 Å². The van der Waals surface area contributed by atoms with Gasteiger partial charge in [-0.15, -0.1) is 11.8 Å². The van der Waals surface area contributed by atoms with Crippen LogP contribution in [-0.4, -0.2) is 28.5 Å². The highest BCUT2D eigenvalue weighted by Crippen LogP contribution is 2.42. The van der Waals surface area contributed by atoms with E-state index in [1.54, 1.807) is 0 Å². The maximum absolute atomic E-state index is 14.1. The van der Waals surface area contributed by atoms with Gasteiger partial charge in [0.05, 0.1) is 18.7 Å². The number of methoxy groups -OCH3 is 1. The molecule has 1 N–H and O–H groups in total. The number of thioether (sulfide) groups is 1. The van der Waals surface area contributed by atoms with Gasteiger partial charge in [0.25, 0.3) is 5.56 Å². The highest BCUT2D eigenvalue weighted by molar-refractivity contribution is 7.99. The minimum Gasteiger partial charge on any atom is -0.467 e. The van der Waals surface area contributed by atoms with E-state index in [0.717, 1.165) is 44.2 Å². The number of aliphatic hydroxyl groups is 1. The number of aromatic nitrogens is 1. The molecule has 0 spiro atoms. The van der Waals surface area contributed by atoms with Crippen LogP contribution >= 0.6 is 11.8 Å². The summed E-state index contributed by atoms with van der Waals surface area (Å²) >= 11 is 1.31. The van der Waals surface area contributed by atoms with Crippen LogP contribution in [-0.2, 0) is 22.6 Å². The Labute approximate surface area is 184 Å². The van der Waals surface area contributed by atoms with Crippen LogP contribution in [0.5, 0.6) is 0 Å². The molecule has 3 rings (SSSR count). The Balaban J connectivity index is 2.19. The van der Waals surface area contributed by atoms with E-state index in [-0.39, 0.29) is 5.56 Å². The smallest absolute Gasteiger partial charge is 0.329 e. The molecule has 8 heteroatoms. The zero-order valence-electron chi connectivity index (χ0n) is 17.7. The summed E-state index contributed by atoms with van der Waals surface area (Å²) in [5, 5.41) is 10.6. The van der Waals surface area contributed by atoms with Crippen molar-refractivity contribution in [1.82, 2.24) is 4.57 Å². The molecule has 31 heavy (non-hydrogen) atoms. The second kappa shape index (κ2) is 10.4. The summed E-state index contributed by atoms with van der Waals surface area (Å²) in [5.41, 5.74) is 1.39. The summed E-state index contributed by atoms with van der Waals surface area (Å²) in [6, 6.07) is 2.79. The fourth-order valence-corrected chi connectivity index (χ4v) is 5.36. The van der Waals surface area contributed by atoms with Gasteiger partial charge in [-0.3, -0.25) is 9.36 Å². The molecule has 0 radical (unpaired) electrons. The lowest BCUT2D eigenvalue weighted by molar-refractivity contribution is -0.143. The van der Waals surface area contributed by atoms with Crippen molar-refractivity contribution in [1.29, 1.82) is 0 Å². The molecule has 168 valence electrons. The van der Waals surface area contributed by atoms with E-state index in [4.69, 9.17) is 4.74 Å². The van der Waals surface area contributed by atoms with Crippen LogP contribution in [0.3, 0.4) is 0 Å². The minimum absolute atomic E-state index is 0.190. The van der Waals surface area contributed by atoms with Crippen molar-refractivity contribution in [3.63, 3.8) is 0 Å². The van der Waals surface area contributed by atoms with Gasteiger partial charge in [-0.1, -0.05) is 38.7 Å². The summed E-state index contributed by atoms with van der Waals surface area (Å²) < 4.78 is 33.9. The Morgan fingerprint density at radius 2 is 1.94 bits per heavy atom. The van der Waals surface area contributed by atoms with Crippen molar-refractivity contribution >= 4 is 17.7 Å². The lowest BCUT2D eigenvalue weighted by Crippen LogP contribution is -2.33. The Morgan fingerprint density at radius 1 is 1.19 bits per heavy atom. The number of ether oxygens (including phenoxy) is 1. The number of carbonyl (C=O) groups is 1. The average molecular weight is 452 g/mol. The third kappa shape index (κ3) is 4.70. The van der Waals surface area contributed by atoms with Crippen LogP contribution in [0.4, 0.5) is 8.78 Å². The number of aliphatic hydroxyl groups excluding tert-OH is 1. The lowest BCUT2D eigenvalue weighted by atomic mass is 9.93. The van der Waals surface area contributed by atoms with Gasteiger partial charge >= 0.3 is 5.97 Å². The predicted molar refractivity (Wildman–Crippen MR) is 116 cm³/mol. The van der Waals surface area contributed by atoms with E-state index in [2.05, 4.69) is 6.92 Å². The Hall–Kier alpha value is -2.19. The molecule has 0 amide bonds. The highest BCUT2D eigenvalue weighted by atomic mass is 32.2. The maximum atomic E-state index is 14.1. The molecule has 2 heterocycles. The molecule has 1 aromatic heterocycles. The third-order valence-corrected chi connectivity index (χ3v) is 6.79. The number of carbonyl (C=O) groups excluding carboxylic acids is 1. The lowest BCUT2D eigenvalue weighted by Gasteiger charge is -2.20. The minimum atomic E-state index is -0.991. The molecule has 0 saturated carbocycles. The van der Waals surface area contributed by atoms with Crippen LogP contribution in [0.1, 0.15) is 56.2 Å². The van der Waals surface area contributed by atoms with Crippen molar-refractivity contribution in [2.24, 2.45) is 0 Å². The first-order valence-electron chi connectivity index (χ1n) is 10.5. The number of esters is 1. The number of benzene rings is 1. The number of nitrogens with zero attached hydrogens (tertiary/aromatic N) is 1. The summed E-state index contributed by atoms with van der Waals surface area (Å²) in [5.74, 6) is -2.21. The van der Waals surface area contributed by atoms with Gasteiger partial charge < -0.3 is 9.84 Å². The standard InChI is InChI=1S/C23H27F2NO4S/c1-3-4-5-6-7-8-15-16(12-27)21(28)26-19(23(29)30-2)13-31-22(26)20(15)14-9-10-17(24)18(25)11-14/h9-11,19,27H,3-8,12-13H2,1-2H3/t19-/m0/s1. The van der Waals surface area contributed by atoms with E-state index >= 15 is 0 Å². The van der Waals surface area contributed by atoms with Crippen LogP contribution in [0.25, 0.3) is 11.1 Å². The molecule has 5 nitrogen and oxygen atoms in total. The molecule has 0 unspecified atom stereocenters. The van der Waals surface area contributed by atoms with E-state index in [9.17, 15) is 23.5 Å². The van der Waals surface area contributed by atoms with Gasteiger partial charge in [0.2, 0.25) is 0 Å². The number of hydrogen-bond donors (Lipinski definition) is 1. The molecule has 1 aliphatic heterocycles. The zero-order valence-corrected chi connectivity index (χ0v) is 18.6. The molecule has 0 fully saturated rings. The third-order valence-electron chi connectivity index (χ3n) is 5.64. The number of pyridine rings is 1. The molecular weight excluding hydrogens is 424 g/mol. The van der Waals surface area contributed by atoms with Crippen molar-refractivity contribution in [3.8, 4) is 11.1 Å². The Morgan fingerprint density at radius 3 is 2.58 bits per heavy atom. The van der Waals surface area contributed by atoms with Crippen LogP contribution in [0.2, 0.25) is 0 Å².